The van der Waals surface area contributed by atoms with E-state index in [9.17, 15) is 14.4 Å². The van der Waals surface area contributed by atoms with Crippen LogP contribution in [0.5, 0.6) is 0 Å². The van der Waals surface area contributed by atoms with Gasteiger partial charge >= 0.3 is 5.97 Å². The van der Waals surface area contributed by atoms with Gasteiger partial charge in [0.2, 0.25) is 11.8 Å². The first kappa shape index (κ1) is 14.4. The number of rotatable bonds is 4. The Kier molecular flexibility index (Phi) is 5.08. The summed E-state index contributed by atoms with van der Waals surface area (Å²) in [4.78, 5) is 35.7. The number of nitrogens with zero attached hydrogens (tertiary/aromatic N) is 1. The molecule has 102 valence electrons. The molecule has 1 N–H and O–H groups in total. The lowest BCUT2D eigenvalue weighted by atomic mass is 10.1. The number of likely N-dealkylation sites (tertiary alicyclic amines) is 1. The molecule has 1 heterocycles. The summed E-state index contributed by atoms with van der Waals surface area (Å²) < 4.78 is 9.34. The third-order valence-corrected chi connectivity index (χ3v) is 2.82. The smallest absolute Gasteiger partial charge is 0.328 e. The second-order valence-corrected chi connectivity index (χ2v) is 4.14. The minimum Gasteiger partial charge on any atom is -0.467 e. The zero-order valence-electron chi connectivity index (χ0n) is 10.8. The molecular formula is C11H18N2O5. The van der Waals surface area contributed by atoms with Gasteiger partial charge in [-0.05, 0) is 0 Å². The number of hydrogen-bond acceptors (Lipinski definition) is 5. The molecule has 1 aliphatic rings. The van der Waals surface area contributed by atoms with Gasteiger partial charge in [-0.1, -0.05) is 0 Å². The third-order valence-electron chi connectivity index (χ3n) is 2.82. The van der Waals surface area contributed by atoms with Crippen molar-refractivity contribution in [3.8, 4) is 0 Å². The van der Waals surface area contributed by atoms with Crippen LogP contribution in [0.1, 0.15) is 13.3 Å². The summed E-state index contributed by atoms with van der Waals surface area (Å²) in [5.41, 5.74) is 0. The number of carbonyl (C=O) groups is 3. The van der Waals surface area contributed by atoms with Gasteiger partial charge in [-0.3, -0.25) is 9.59 Å². The van der Waals surface area contributed by atoms with E-state index in [1.807, 2.05) is 0 Å². The maximum atomic E-state index is 11.5. The Labute approximate surface area is 105 Å². The zero-order chi connectivity index (χ0) is 13.7. The molecule has 1 fully saturated rings. The van der Waals surface area contributed by atoms with Crippen molar-refractivity contribution in [2.24, 2.45) is 0 Å². The van der Waals surface area contributed by atoms with Crippen LogP contribution in [-0.2, 0) is 23.9 Å². The van der Waals surface area contributed by atoms with Gasteiger partial charge in [0.1, 0.15) is 12.6 Å². The highest BCUT2D eigenvalue weighted by molar-refractivity contribution is 5.84. The Morgan fingerprint density at radius 2 is 2.00 bits per heavy atom. The molecule has 0 saturated carbocycles. The van der Waals surface area contributed by atoms with Crippen molar-refractivity contribution in [1.82, 2.24) is 10.2 Å². The molecule has 0 radical (unpaired) electrons. The van der Waals surface area contributed by atoms with Crippen molar-refractivity contribution in [2.45, 2.75) is 25.4 Å². The van der Waals surface area contributed by atoms with Crippen molar-refractivity contribution < 1.29 is 23.9 Å². The van der Waals surface area contributed by atoms with Crippen molar-refractivity contribution in [3.05, 3.63) is 0 Å². The molecule has 18 heavy (non-hydrogen) atoms. The minimum absolute atomic E-state index is 0.0422. The fourth-order valence-electron chi connectivity index (χ4n) is 2.05. The SMILES string of the molecule is COCC(=O)NC1CC(C(=O)OC)N(C(C)=O)C1. The molecule has 0 aromatic carbocycles. The molecule has 0 aromatic rings. The summed E-state index contributed by atoms with van der Waals surface area (Å²) in [6, 6.07) is -0.874. The van der Waals surface area contributed by atoms with E-state index in [2.05, 4.69) is 10.1 Å². The maximum absolute atomic E-state index is 11.5. The molecule has 0 spiro atoms. The number of hydrogen-bond donors (Lipinski definition) is 1. The second kappa shape index (κ2) is 6.34. The lowest BCUT2D eigenvalue weighted by Crippen LogP contribution is -2.41. The van der Waals surface area contributed by atoms with Crippen molar-refractivity contribution in [1.29, 1.82) is 0 Å². The van der Waals surface area contributed by atoms with E-state index in [0.717, 1.165) is 0 Å². The first-order valence-electron chi connectivity index (χ1n) is 5.63. The van der Waals surface area contributed by atoms with E-state index in [-0.39, 0.29) is 24.5 Å². The first-order chi connectivity index (χ1) is 8.49. The van der Waals surface area contributed by atoms with Gasteiger partial charge in [0, 0.05) is 33.0 Å². The molecule has 2 atom stereocenters. The highest BCUT2D eigenvalue weighted by Gasteiger charge is 2.39. The van der Waals surface area contributed by atoms with Crippen LogP contribution in [0.4, 0.5) is 0 Å². The van der Waals surface area contributed by atoms with Crippen LogP contribution in [0.2, 0.25) is 0 Å². The minimum atomic E-state index is -0.625. The maximum Gasteiger partial charge on any atom is 0.328 e. The van der Waals surface area contributed by atoms with Crippen LogP contribution in [0.3, 0.4) is 0 Å². The summed E-state index contributed by atoms with van der Waals surface area (Å²) in [6.07, 6.45) is 0.363. The van der Waals surface area contributed by atoms with Crippen molar-refractivity contribution in [3.63, 3.8) is 0 Å². The van der Waals surface area contributed by atoms with Gasteiger partial charge < -0.3 is 19.7 Å². The Morgan fingerprint density at radius 3 is 2.50 bits per heavy atom. The molecule has 1 saturated heterocycles. The number of carbonyl (C=O) groups excluding carboxylic acids is 3. The normalized spacial score (nSPS) is 22.7. The van der Waals surface area contributed by atoms with Gasteiger partial charge in [0.25, 0.3) is 0 Å². The second-order valence-electron chi connectivity index (χ2n) is 4.14. The monoisotopic (exact) mass is 258 g/mol. The van der Waals surface area contributed by atoms with E-state index in [0.29, 0.717) is 13.0 Å². The number of nitrogens with one attached hydrogen (secondary N) is 1. The number of amides is 2. The van der Waals surface area contributed by atoms with Crippen LogP contribution < -0.4 is 5.32 Å². The van der Waals surface area contributed by atoms with Crippen LogP contribution >= 0.6 is 0 Å². The molecule has 0 aliphatic carbocycles. The van der Waals surface area contributed by atoms with E-state index in [1.54, 1.807) is 0 Å². The topological polar surface area (TPSA) is 84.9 Å². The highest BCUT2D eigenvalue weighted by atomic mass is 16.5. The average Bonchev–Trinajstić information content (AvgIpc) is 2.72. The number of methoxy groups -OCH3 is 2. The number of esters is 1. The molecule has 7 nitrogen and oxygen atoms in total. The van der Waals surface area contributed by atoms with Gasteiger partial charge in [-0.15, -0.1) is 0 Å². The standard InChI is InChI=1S/C11H18N2O5/c1-7(14)13-5-8(12-10(15)6-17-2)4-9(13)11(16)18-3/h8-9H,4-6H2,1-3H3,(H,12,15). The molecule has 7 heteroatoms. The molecule has 2 unspecified atom stereocenters. The van der Waals surface area contributed by atoms with Gasteiger partial charge in [-0.25, -0.2) is 4.79 Å². The zero-order valence-corrected chi connectivity index (χ0v) is 10.8. The summed E-state index contributed by atoms with van der Waals surface area (Å²) in [5.74, 6) is -0.945. The Balaban J connectivity index is 2.63. The molecule has 2 amide bonds. The average molecular weight is 258 g/mol. The van der Waals surface area contributed by atoms with Crippen molar-refractivity contribution >= 4 is 17.8 Å². The van der Waals surface area contributed by atoms with Crippen LogP contribution in [0.25, 0.3) is 0 Å². The first-order valence-corrected chi connectivity index (χ1v) is 5.63. The summed E-state index contributed by atoms with van der Waals surface area (Å²) in [5, 5.41) is 2.71. The summed E-state index contributed by atoms with van der Waals surface area (Å²) >= 11 is 0. The van der Waals surface area contributed by atoms with Gasteiger partial charge in [0.05, 0.1) is 7.11 Å². The van der Waals surface area contributed by atoms with Gasteiger partial charge in [0.15, 0.2) is 0 Å². The lowest BCUT2D eigenvalue weighted by Gasteiger charge is -2.20. The van der Waals surface area contributed by atoms with E-state index in [4.69, 9.17) is 4.74 Å². The largest absolute Gasteiger partial charge is 0.467 e. The Bertz CT molecular complexity index is 344. The predicted octanol–water partition coefficient (Wildman–Crippen LogP) is -1.09. The lowest BCUT2D eigenvalue weighted by molar-refractivity contribution is -0.150. The third kappa shape index (κ3) is 3.43. The van der Waals surface area contributed by atoms with Crippen LogP contribution in [0, 0.1) is 0 Å². The van der Waals surface area contributed by atoms with Crippen LogP contribution in [-0.4, -0.2) is 62.1 Å². The molecule has 0 aromatic heterocycles. The highest BCUT2D eigenvalue weighted by Crippen LogP contribution is 2.19. The summed E-state index contributed by atoms with van der Waals surface area (Å²) in [7, 11) is 2.70. The quantitative estimate of drug-likeness (QED) is 0.648. The Hall–Kier alpha value is -1.63. The number of ether oxygens (including phenoxy) is 2. The van der Waals surface area contributed by atoms with Crippen LogP contribution in [0.15, 0.2) is 0 Å². The van der Waals surface area contributed by atoms with E-state index >= 15 is 0 Å². The summed E-state index contributed by atoms with van der Waals surface area (Å²) in [6.45, 7) is 1.65. The Morgan fingerprint density at radius 1 is 1.33 bits per heavy atom. The van der Waals surface area contributed by atoms with Crippen molar-refractivity contribution in [2.75, 3.05) is 27.4 Å². The fourth-order valence-corrected chi connectivity index (χ4v) is 2.05. The molecule has 1 rings (SSSR count). The fraction of sp³-hybridized carbons (Fsp3) is 0.727. The van der Waals surface area contributed by atoms with E-state index < -0.39 is 12.0 Å². The predicted molar refractivity (Wildman–Crippen MR) is 61.6 cm³/mol. The van der Waals surface area contributed by atoms with E-state index in [1.165, 1.54) is 26.0 Å². The molecular weight excluding hydrogens is 240 g/mol. The molecule has 0 bridgehead atoms. The van der Waals surface area contributed by atoms with Gasteiger partial charge in [-0.2, -0.15) is 0 Å². The molecule has 1 aliphatic heterocycles.